The van der Waals surface area contributed by atoms with E-state index in [9.17, 15) is 4.79 Å². The van der Waals surface area contributed by atoms with E-state index in [2.05, 4.69) is 26.6 Å². The highest BCUT2D eigenvalue weighted by atomic mass is 16.5. The lowest BCUT2D eigenvalue weighted by atomic mass is 10.1. The fourth-order valence-corrected chi connectivity index (χ4v) is 5.75. The van der Waals surface area contributed by atoms with E-state index in [0.29, 0.717) is 22.8 Å². The van der Waals surface area contributed by atoms with Crippen LogP contribution in [0, 0.1) is 13.8 Å². The fourth-order valence-electron chi connectivity index (χ4n) is 5.75. The first-order chi connectivity index (χ1) is 20.0. The van der Waals surface area contributed by atoms with E-state index in [1.807, 2.05) is 72.8 Å². The number of para-hydroxylation sites is 3. The molecule has 6 aromatic rings. The molecule has 3 aromatic carbocycles. The van der Waals surface area contributed by atoms with Gasteiger partial charge >= 0.3 is 0 Å². The Bertz CT molecular complexity index is 1990. The predicted molar refractivity (Wildman–Crippen MR) is 162 cm³/mol. The predicted octanol–water partition coefficient (Wildman–Crippen LogP) is 4.36. The number of methoxy groups -OCH3 is 1. The summed E-state index contributed by atoms with van der Waals surface area (Å²) in [5.74, 6) is 1.66. The van der Waals surface area contributed by atoms with Crippen molar-refractivity contribution in [3.05, 3.63) is 88.3 Å². The maximum absolute atomic E-state index is 14.0. The maximum atomic E-state index is 14.0. The van der Waals surface area contributed by atoms with Gasteiger partial charge in [0.2, 0.25) is 11.7 Å². The molecule has 0 saturated carbocycles. The van der Waals surface area contributed by atoms with Crippen molar-refractivity contribution < 1.29 is 4.74 Å². The molecule has 0 bridgehead atoms. The van der Waals surface area contributed by atoms with Gasteiger partial charge in [0.05, 0.1) is 29.5 Å². The zero-order chi connectivity index (χ0) is 28.1. The number of hydrogen-bond acceptors (Lipinski definition) is 8. The highest BCUT2D eigenvalue weighted by Crippen LogP contribution is 2.33. The van der Waals surface area contributed by atoms with Crippen molar-refractivity contribution in [2.45, 2.75) is 13.8 Å². The Kier molecular flexibility index (Phi) is 6.05. The summed E-state index contributed by atoms with van der Waals surface area (Å²) in [5.41, 5.74) is 6.54. The van der Waals surface area contributed by atoms with Crippen LogP contribution < -0.4 is 25.8 Å². The van der Waals surface area contributed by atoms with Gasteiger partial charge in [-0.3, -0.25) is 9.20 Å². The minimum atomic E-state index is -0.214. The lowest BCUT2D eigenvalue weighted by Gasteiger charge is -2.30. The number of hydrogen-bond donors (Lipinski definition) is 2. The summed E-state index contributed by atoms with van der Waals surface area (Å²) in [4.78, 5) is 30.7. The average Bonchev–Trinajstić information content (AvgIpc) is 3.38. The lowest BCUT2D eigenvalue weighted by molar-refractivity contribution is 0.413. The van der Waals surface area contributed by atoms with Crippen LogP contribution in [0.25, 0.3) is 33.5 Å². The minimum Gasteiger partial charge on any atom is -0.495 e. The Hall–Kier alpha value is -4.96. The summed E-state index contributed by atoms with van der Waals surface area (Å²) < 4.78 is 9.36. The van der Waals surface area contributed by atoms with Crippen molar-refractivity contribution in [3.63, 3.8) is 0 Å². The minimum absolute atomic E-state index is 0.214. The molecule has 4 heterocycles. The molecule has 0 radical (unpaired) electrons. The van der Waals surface area contributed by atoms with Crippen molar-refractivity contribution in [3.8, 4) is 11.4 Å². The average molecular weight is 547 g/mol. The van der Waals surface area contributed by atoms with E-state index < -0.39 is 0 Å². The van der Waals surface area contributed by atoms with Crippen molar-refractivity contribution in [1.29, 1.82) is 0 Å². The third-order valence-corrected chi connectivity index (χ3v) is 7.71. The SMILES string of the molecule is COc1cc(Nc2ncc3c(=O)n(-c4c(C)cccc4C)c4nc5ccccc5n4c3n2)ccc1N1CCNCC1. The molecule has 1 fully saturated rings. The molecule has 3 aromatic heterocycles. The van der Waals surface area contributed by atoms with Crippen LogP contribution in [-0.4, -0.2) is 57.2 Å². The summed E-state index contributed by atoms with van der Waals surface area (Å²) in [6.07, 6.45) is 1.59. The first-order valence-electron chi connectivity index (χ1n) is 13.7. The zero-order valence-corrected chi connectivity index (χ0v) is 23.2. The first kappa shape index (κ1) is 25.0. The van der Waals surface area contributed by atoms with Crippen LogP contribution in [0.2, 0.25) is 0 Å². The lowest BCUT2D eigenvalue weighted by Crippen LogP contribution is -2.43. The number of nitrogens with one attached hydrogen (secondary N) is 2. The molecule has 1 aliphatic rings. The van der Waals surface area contributed by atoms with Crippen LogP contribution in [0.1, 0.15) is 11.1 Å². The quantitative estimate of drug-likeness (QED) is 0.329. The normalized spacial score (nSPS) is 13.8. The summed E-state index contributed by atoms with van der Waals surface area (Å²) in [6.45, 7) is 7.73. The number of anilines is 3. The van der Waals surface area contributed by atoms with Gasteiger partial charge in [-0.15, -0.1) is 0 Å². The number of fused-ring (bicyclic) bond motifs is 5. The molecule has 2 N–H and O–H groups in total. The Balaban J connectivity index is 1.39. The van der Waals surface area contributed by atoms with E-state index >= 15 is 0 Å². The van der Waals surface area contributed by atoms with Gasteiger partial charge in [0.25, 0.3) is 5.56 Å². The molecular weight excluding hydrogens is 516 g/mol. The van der Waals surface area contributed by atoms with Gasteiger partial charge in [0, 0.05) is 44.1 Å². The third-order valence-electron chi connectivity index (χ3n) is 7.71. The molecule has 0 aliphatic carbocycles. The van der Waals surface area contributed by atoms with Crippen LogP contribution in [0.5, 0.6) is 5.75 Å². The highest BCUT2D eigenvalue weighted by Gasteiger charge is 2.21. The molecule has 1 aliphatic heterocycles. The summed E-state index contributed by atoms with van der Waals surface area (Å²) in [5, 5.41) is 7.10. The standard InChI is InChI=1S/C31H30N8O2/c1-19-7-6-8-20(2)27(19)39-29(40)22-18-33-30(36-28(22)38-24-10-5-4-9-23(24)35-31(38)39)34-21-11-12-25(26(17-21)41-3)37-15-13-32-14-16-37/h4-12,17-18,32H,13-16H2,1-3H3,(H,33,34,36). The molecule has 206 valence electrons. The fraction of sp³-hybridized carbons (Fsp3) is 0.226. The van der Waals surface area contributed by atoms with Crippen molar-refractivity contribution in [2.24, 2.45) is 0 Å². The molecule has 0 spiro atoms. The highest BCUT2D eigenvalue weighted by molar-refractivity contribution is 5.88. The van der Waals surface area contributed by atoms with Crippen LogP contribution in [0.4, 0.5) is 17.3 Å². The molecular formula is C31H30N8O2. The van der Waals surface area contributed by atoms with E-state index in [1.165, 1.54) is 0 Å². The molecule has 0 unspecified atom stereocenters. The molecule has 41 heavy (non-hydrogen) atoms. The van der Waals surface area contributed by atoms with Gasteiger partial charge in [0.1, 0.15) is 11.1 Å². The number of imidazole rings is 1. The smallest absolute Gasteiger partial charge is 0.270 e. The number of ether oxygens (including phenoxy) is 1. The van der Waals surface area contributed by atoms with Gasteiger partial charge in [-0.1, -0.05) is 30.3 Å². The maximum Gasteiger partial charge on any atom is 0.270 e. The molecule has 7 rings (SSSR count). The largest absolute Gasteiger partial charge is 0.495 e. The molecule has 10 heteroatoms. The third kappa shape index (κ3) is 4.15. The van der Waals surface area contributed by atoms with E-state index in [-0.39, 0.29) is 5.56 Å². The number of aryl methyl sites for hydroxylation is 2. The van der Waals surface area contributed by atoms with E-state index in [1.54, 1.807) is 17.9 Å². The topological polar surface area (TPSA) is 102 Å². The molecule has 10 nitrogen and oxygen atoms in total. The summed E-state index contributed by atoms with van der Waals surface area (Å²) >= 11 is 0. The zero-order valence-electron chi connectivity index (χ0n) is 23.2. The summed E-state index contributed by atoms with van der Waals surface area (Å²) in [6, 6.07) is 19.8. The Morgan fingerprint density at radius 2 is 1.73 bits per heavy atom. The number of nitrogens with zero attached hydrogens (tertiary/aromatic N) is 6. The van der Waals surface area contributed by atoms with Gasteiger partial charge in [-0.2, -0.15) is 4.98 Å². The van der Waals surface area contributed by atoms with Crippen molar-refractivity contribution in [2.75, 3.05) is 43.5 Å². The van der Waals surface area contributed by atoms with Crippen LogP contribution in [0.15, 0.2) is 71.7 Å². The second kappa shape index (κ2) is 9.90. The number of aromatic nitrogens is 5. The number of piperazine rings is 1. The second-order valence-electron chi connectivity index (χ2n) is 10.3. The number of benzene rings is 3. The van der Waals surface area contributed by atoms with E-state index in [0.717, 1.165) is 71.2 Å². The Labute approximate surface area is 236 Å². The van der Waals surface area contributed by atoms with Gasteiger partial charge in [-0.25, -0.2) is 14.5 Å². The Morgan fingerprint density at radius 3 is 2.51 bits per heavy atom. The van der Waals surface area contributed by atoms with E-state index in [4.69, 9.17) is 14.7 Å². The van der Waals surface area contributed by atoms with Gasteiger partial charge < -0.3 is 20.3 Å². The monoisotopic (exact) mass is 546 g/mol. The van der Waals surface area contributed by atoms with Gasteiger partial charge in [-0.05, 0) is 49.2 Å². The van der Waals surface area contributed by atoms with Gasteiger partial charge in [0.15, 0.2) is 5.65 Å². The second-order valence-corrected chi connectivity index (χ2v) is 10.3. The van der Waals surface area contributed by atoms with Crippen molar-refractivity contribution in [1.82, 2.24) is 29.2 Å². The molecule has 0 atom stereocenters. The van der Waals surface area contributed by atoms with Crippen LogP contribution in [-0.2, 0) is 0 Å². The first-order valence-corrected chi connectivity index (χ1v) is 13.7. The molecule has 0 amide bonds. The number of rotatable bonds is 5. The van der Waals surface area contributed by atoms with Crippen LogP contribution >= 0.6 is 0 Å². The Morgan fingerprint density at radius 1 is 0.951 bits per heavy atom. The van der Waals surface area contributed by atoms with Crippen molar-refractivity contribution >= 4 is 45.2 Å². The van der Waals surface area contributed by atoms with Crippen LogP contribution in [0.3, 0.4) is 0 Å². The molecule has 1 saturated heterocycles. The summed E-state index contributed by atoms with van der Waals surface area (Å²) in [7, 11) is 1.68.